The molecule has 2 aromatic carbocycles. The minimum Gasteiger partial charge on any atom is -0.489 e. The van der Waals surface area contributed by atoms with E-state index < -0.39 is 0 Å². The normalized spacial score (nSPS) is 14.5. The van der Waals surface area contributed by atoms with Crippen molar-refractivity contribution >= 4 is 22.5 Å². The van der Waals surface area contributed by atoms with Crippen molar-refractivity contribution < 1.29 is 14.4 Å². The molecule has 1 aliphatic rings. The van der Waals surface area contributed by atoms with Crippen LogP contribution in [-0.4, -0.2) is 30.2 Å². The summed E-state index contributed by atoms with van der Waals surface area (Å²) in [4.78, 5) is 10.3. The number of hydrogen-bond acceptors (Lipinski definition) is 6. The lowest BCUT2D eigenvalue weighted by Gasteiger charge is -2.16. The molecule has 5 nitrogen and oxygen atoms in total. The predicted octanol–water partition coefficient (Wildman–Crippen LogP) is 4.00. The van der Waals surface area contributed by atoms with Gasteiger partial charge in [-0.05, 0) is 24.1 Å². The van der Waals surface area contributed by atoms with Gasteiger partial charge < -0.3 is 14.4 Å². The Kier molecular flexibility index (Phi) is 5.95. The zero-order valence-corrected chi connectivity index (χ0v) is 15.1. The lowest BCUT2D eigenvalue weighted by Crippen LogP contribution is -2.20. The molecule has 0 aromatic heterocycles. The van der Waals surface area contributed by atoms with Crippen molar-refractivity contribution in [3.63, 3.8) is 0 Å². The summed E-state index contributed by atoms with van der Waals surface area (Å²) >= 11 is 1.61. The molecule has 0 unspecified atom stereocenters. The summed E-state index contributed by atoms with van der Waals surface area (Å²) in [5.41, 5.74) is 3.70. The van der Waals surface area contributed by atoms with Crippen LogP contribution in [0.3, 0.4) is 0 Å². The molecule has 0 spiro atoms. The van der Waals surface area contributed by atoms with Gasteiger partial charge >= 0.3 is 0 Å². The fourth-order valence-corrected chi connectivity index (χ4v) is 3.20. The molecule has 3 rings (SSSR count). The Morgan fingerprint density at radius 2 is 2.00 bits per heavy atom. The first-order valence-corrected chi connectivity index (χ1v) is 8.99. The quantitative estimate of drug-likeness (QED) is 0.580. The topological polar surface area (TPSA) is 52.4 Å². The Morgan fingerprint density at radius 1 is 1.20 bits per heavy atom. The average Bonchev–Trinajstić information content (AvgIpc) is 2.66. The van der Waals surface area contributed by atoms with E-state index in [2.05, 4.69) is 10.3 Å². The van der Waals surface area contributed by atoms with Crippen molar-refractivity contribution in [2.75, 3.05) is 19.5 Å². The minimum atomic E-state index is 0.433. The largest absolute Gasteiger partial charge is 0.489 e. The highest BCUT2D eigenvalue weighted by Crippen LogP contribution is 2.22. The van der Waals surface area contributed by atoms with Gasteiger partial charge in [0.05, 0.1) is 0 Å². The van der Waals surface area contributed by atoms with Crippen molar-refractivity contribution in [1.82, 2.24) is 0 Å². The van der Waals surface area contributed by atoms with Gasteiger partial charge in [0.25, 0.3) is 0 Å². The molecule has 25 heavy (non-hydrogen) atoms. The van der Waals surface area contributed by atoms with Crippen LogP contribution in [0.2, 0.25) is 0 Å². The predicted molar refractivity (Wildman–Crippen MR) is 101 cm³/mol. The Labute approximate surface area is 151 Å². The lowest BCUT2D eigenvalue weighted by atomic mass is 10.0. The molecule has 0 saturated carbocycles. The van der Waals surface area contributed by atoms with Gasteiger partial charge in [-0.15, -0.1) is 0 Å². The van der Waals surface area contributed by atoms with Crippen LogP contribution >= 0.6 is 11.8 Å². The highest BCUT2D eigenvalue weighted by molar-refractivity contribution is 8.15. The molecule has 0 fully saturated rings. The first-order chi connectivity index (χ1) is 12.3. The second-order valence-electron chi connectivity index (χ2n) is 5.41. The van der Waals surface area contributed by atoms with E-state index in [4.69, 9.17) is 14.4 Å². The van der Waals surface area contributed by atoms with Crippen LogP contribution in [0.15, 0.2) is 58.8 Å². The number of nitrogens with zero attached hydrogens (tertiary/aromatic N) is 2. The second-order valence-corrected chi connectivity index (χ2v) is 6.50. The summed E-state index contributed by atoms with van der Waals surface area (Å²) in [7, 11) is 1.53. The van der Waals surface area contributed by atoms with Gasteiger partial charge in [-0.2, -0.15) is 0 Å². The van der Waals surface area contributed by atoms with Crippen molar-refractivity contribution in [2.45, 2.75) is 13.5 Å². The summed E-state index contributed by atoms with van der Waals surface area (Å²) < 4.78 is 6.01. The average molecular weight is 356 g/mol. The van der Waals surface area contributed by atoms with Crippen molar-refractivity contribution in [3.8, 4) is 5.75 Å². The van der Waals surface area contributed by atoms with Crippen LogP contribution in [0.1, 0.15) is 16.7 Å². The van der Waals surface area contributed by atoms with Crippen LogP contribution in [-0.2, 0) is 16.3 Å². The van der Waals surface area contributed by atoms with E-state index in [1.54, 1.807) is 11.8 Å². The number of rotatable bonds is 6. The van der Waals surface area contributed by atoms with Crippen LogP contribution in [0.25, 0.3) is 0 Å². The molecule has 6 heteroatoms. The summed E-state index contributed by atoms with van der Waals surface area (Å²) in [5, 5.41) is 9.03. The first-order valence-electron chi connectivity index (χ1n) is 8.00. The minimum absolute atomic E-state index is 0.433. The SMILES string of the molecule is CON=C(C1=NOCCS1)c1ccccc1COc1ccccc1C. The fraction of sp³-hybridized carbons (Fsp3) is 0.263. The van der Waals surface area contributed by atoms with E-state index in [-0.39, 0.29) is 0 Å². The fourth-order valence-electron chi connectivity index (χ4n) is 2.46. The van der Waals surface area contributed by atoms with Gasteiger partial charge in [0, 0.05) is 11.3 Å². The number of benzene rings is 2. The number of oxime groups is 2. The van der Waals surface area contributed by atoms with E-state index in [0.717, 1.165) is 33.2 Å². The maximum absolute atomic E-state index is 6.01. The highest BCUT2D eigenvalue weighted by Gasteiger charge is 2.20. The molecule has 0 atom stereocenters. The summed E-state index contributed by atoms with van der Waals surface area (Å²) in [6.07, 6.45) is 0. The van der Waals surface area contributed by atoms with Crippen LogP contribution < -0.4 is 4.74 Å². The number of aryl methyl sites for hydroxylation is 1. The van der Waals surface area contributed by atoms with Crippen molar-refractivity contribution in [3.05, 3.63) is 65.2 Å². The summed E-state index contributed by atoms with van der Waals surface area (Å²) in [6, 6.07) is 15.9. The zero-order valence-electron chi connectivity index (χ0n) is 14.3. The Bertz CT molecular complexity index is 790. The van der Waals surface area contributed by atoms with E-state index in [1.807, 2.05) is 55.5 Å². The maximum atomic E-state index is 6.01. The molecule has 0 amide bonds. The first kappa shape index (κ1) is 17.4. The zero-order chi connectivity index (χ0) is 17.5. The molecule has 0 aliphatic carbocycles. The molecular weight excluding hydrogens is 336 g/mol. The van der Waals surface area contributed by atoms with Crippen LogP contribution in [0.5, 0.6) is 5.75 Å². The smallest absolute Gasteiger partial charge is 0.165 e. The van der Waals surface area contributed by atoms with Gasteiger partial charge in [-0.1, -0.05) is 64.5 Å². The third kappa shape index (κ3) is 4.33. The van der Waals surface area contributed by atoms with Gasteiger partial charge in [0.15, 0.2) is 5.04 Å². The lowest BCUT2D eigenvalue weighted by molar-refractivity contribution is 0.160. The van der Waals surface area contributed by atoms with Gasteiger partial charge in [-0.25, -0.2) is 0 Å². The number of para-hydroxylation sites is 1. The number of thioether (sulfide) groups is 1. The molecular formula is C19H20N2O3S. The molecule has 1 heterocycles. The van der Waals surface area contributed by atoms with E-state index in [1.165, 1.54) is 7.11 Å². The third-order valence-corrected chi connectivity index (χ3v) is 4.61. The molecule has 0 radical (unpaired) electrons. The Balaban J connectivity index is 1.87. The standard InChI is InChI=1S/C19H20N2O3S/c1-14-7-3-6-10-17(14)23-13-15-8-4-5-9-16(15)18(20-22-2)19-21-24-11-12-25-19/h3-10H,11-13H2,1-2H3. The second kappa shape index (κ2) is 8.58. The molecule has 1 aliphatic heterocycles. The highest BCUT2D eigenvalue weighted by atomic mass is 32.2. The van der Waals surface area contributed by atoms with Crippen LogP contribution in [0, 0.1) is 6.92 Å². The molecule has 0 N–H and O–H groups in total. The number of ether oxygens (including phenoxy) is 1. The summed E-state index contributed by atoms with van der Waals surface area (Å²) in [5.74, 6) is 1.71. The van der Waals surface area contributed by atoms with Gasteiger partial charge in [0.1, 0.15) is 31.8 Å². The van der Waals surface area contributed by atoms with E-state index in [9.17, 15) is 0 Å². The number of hydrogen-bond donors (Lipinski definition) is 0. The third-order valence-electron chi connectivity index (χ3n) is 3.70. The monoisotopic (exact) mass is 356 g/mol. The van der Waals surface area contributed by atoms with E-state index in [0.29, 0.717) is 18.9 Å². The maximum Gasteiger partial charge on any atom is 0.165 e. The molecule has 0 saturated heterocycles. The van der Waals surface area contributed by atoms with E-state index >= 15 is 0 Å². The molecule has 2 aromatic rings. The molecule has 130 valence electrons. The Morgan fingerprint density at radius 3 is 2.76 bits per heavy atom. The van der Waals surface area contributed by atoms with Crippen molar-refractivity contribution in [1.29, 1.82) is 0 Å². The molecule has 0 bridgehead atoms. The van der Waals surface area contributed by atoms with Crippen LogP contribution in [0.4, 0.5) is 0 Å². The van der Waals surface area contributed by atoms with Gasteiger partial charge in [0.2, 0.25) is 0 Å². The van der Waals surface area contributed by atoms with Gasteiger partial charge in [-0.3, -0.25) is 0 Å². The van der Waals surface area contributed by atoms with Crippen molar-refractivity contribution in [2.24, 2.45) is 10.3 Å². The Hall–Kier alpha value is -2.47. The summed E-state index contributed by atoms with van der Waals surface area (Å²) in [6.45, 7) is 3.07.